The summed E-state index contributed by atoms with van der Waals surface area (Å²) >= 11 is 0. The molecule has 0 amide bonds. The van der Waals surface area contributed by atoms with Gasteiger partial charge < -0.3 is 9.73 Å². The number of furan rings is 1. The molecule has 0 aromatic carbocycles. The van der Waals surface area contributed by atoms with Gasteiger partial charge in [0.2, 0.25) is 0 Å². The molecule has 0 saturated heterocycles. The number of aryl methyl sites for hydroxylation is 3. The molecule has 0 saturated carbocycles. The zero-order valence-electron chi connectivity index (χ0n) is 11.4. The molecule has 5 heteroatoms. The summed E-state index contributed by atoms with van der Waals surface area (Å²) in [6.45, 7) is 7.06. The number of hydrogen-bond donors (Lipinski definition) is 1. The molecule has 2 rings (SSSR count). The Morgan fingerprint density at radius 1 is 1.44 bits per heavy atom. The van der Waals surface area contributed by atoms with Gasteiger partial charge in [-0.2, -0.15) is 0 Å². The van der Waals surface area contributed by atoms with Crippen molar-refractivity contribution in [2.75, 3.05) is 6.54 Å². The lowest BCUT2D eigenvalue weighted by atomic mass is 10.0. The summed E-state index contributed by atoms with van der Waals surface area (Å²) in [7, 11) is 1.91. The van der Waals surface area contributed by atoms with Crippen molar-refractivity contribution in [2.45, 2.75) is 33.2 Å². The molecule has 0 aliphatic carbocycles. The van der Waals surface area contributed by atoms with Gasteiger partial charge in [-0.3, -0.25) is 4.68 Å². The predicted octanol–water partition coefficient (Wildman–Crippen LogP) is 2.11. The fourth-order valence-corrected chi connectivity index (χ4v) is 2.16. The van der Waals surface area contributed by atoms with Crippen molar-refractivity contribution in [1.82, 2.24) is 20.3 Å². The Balaban J connectivity index is 2.37. The molecule has 0 radical (unpaired) electrons. The van der Waals surface area contributed by atoms with Gasteiger partial charge in [0, 0.05) is 12.6 Å². The minimum absolute atomic E-state index is 0.0856. The molecule has 1 unspecified atom stereocenters. The third-order valence-electron chi connectivity index (χ3n) is 3.03. The highest BCUT2D eigenvalue weighted by atomic mass is 16.3. The molecule has 5 nitrogen and oxygen atoms in total. The summed E-state index contributed by atoms with van der Waals surface area (Å²) in [5.41, 5.74) is 2.21. The van der Waals surface area contributed by atoms with Crippen LogP contribution in [0.1, 0.15) is 42.2 Å². The highest BCUT2D eigenvalue weighted by Crippen LogP contribution is 2.26. The van der Waals surface area contributed by atoms with Gasteiger partial charge in [0.05, 0.1) is 17.9 Å². The van der Waals surface area contributed by atoms with Gasteiger partial charge >= 0.3 is 0 Å². The zero-order chi connectivity index (χ0) is 13.1. The van der Waals surface area contributed by atoms with E-state index in [0.29, 0.717) is 0 Å². The van der Waals surface area contributed by atoms with E-state index in [-0.39, 0.29) is 6.04 Å². The number of nitrogens with zero attached hydrogens (tertiary/aromatic N) is 3. The highest BCUT2D eigenvalue weighted by molar-refractivity contribution is 5.30. The molecular weight excluding hydrogens is 228 g/mol. The van der Waals surface area contributed by atoms with E-state index < -0.39 is 0 Å². The third-order valence-corrected chi connectivity index (χ3v) is 3.03. The van der Waals surface area contributed by atoms with Crippen LogP contribution in [-0.2, 0) is 7.05 Å². The molecule has 0 aliphatic rings. The minimum Gasteiger partial charge on any atom is -0.466 e. The largest absolute Gasteiger partial charge is 0.466 e. The fourth-order valence-electron chi connectivity index (χ4n) is 2.16. The zero-order valence-corrected chi connectivity index (χ0v) is 11.4. The molecule has 98 valence electrons. The van der Waals surface area contributed by atoms with E-state index in [4.69, 9.17) is 4.42 Å². The summed E-state index contributed by atoms with van der Waals surface area (Å²) in [5.74, 6) is 1.88. The third kappa shape index (κ3) is 2.46. The van der Waals surface area contributed by atoms with Crippen LogP contribution >= 0.6 is 0 Å². The summed E-state index contributed by atoms with van der Waals surface area (Å²) in [6, 6.07) is 2.16. The number of aromatic nitrogens is 3. The monoisotopic (exact) mass is 248 g/mol. The van der Waals surface area contributed by atoms with Crippen molar-refractivity contribution in [1.29, 1.82) is 0 Å². The first kappa shape index (κ1) is 12.8. The molecule has 0 fully saturated rings. The predicted molar refractivity (Wildman–Crippen MR) is 69.3 cm³/mol. The van der Waals surface area contributed by atoms with Crippen molar-refractivity contribution in [3.05, 3.63) is 35.0 Å². The first-order valence-corrected chi connectivity index (χ1v) is 6.28. The average Bonchev–Trinajstić information content (AvgIpc) is 2.87. The van der Waals surface area contributed by atoms with Crippen LogP contribution in [0.25, 0.3) is 0 Å². The van der Waals surface area contributed by atoms with Gasteiger partial charge in [-0.05, 0) is 32.9 Å². The first-order valence-electron chi connectivity index (χ1n) is 6.28. The van der Waals surface area contributed by atoms with E-state index in [0.717, 1.165) is 35.7 Å². The summed E-state index contributed by atoms with van der Waals surface area (Å²) in [5, 5.41) is 11.5. The lowest BCUT2D eigenvalue weighted by molar-refractivity contribution is 0.488. The van der Waals surface area contributed by atoms with Crippen LogP contribution in [0, 0.1) is 13.8 Å². The molecule has 0 aliphatic heterocycles. The van der Waals surface area contributed by atoms with E-state index in [2.05, 4.69) is 28.6 Å². The fraction of sp³-hybridized carbons (Fsp3) is 0.538. The van der Waals surface area contributed by atoms with Gasteiger partial charge in [0.15, 0.2) is 0 Å². The van der Waals surface area contributed by atoms with Crippen LogP contribution in [0.4, 0.5) is 0 Å². The SMILES string of the molecule is CCCNC(c1cc(C)oc1C)c1cnnn1C. The van der Waals surface area contributed by atoms with Gasteiger partial charge in [-0.15, -0.1) is 5.10 Å². The number of rotatable bonds is 5. The molecular formula is C13H20N4O. The van der Waals surface area contributed by atoms with E-state index in [1.807, 2.05) is 20.9 Å². The summed E-state index contributed by atoms with van der Waals surface area (Å²) in [4.78, 5) is 0. The first-order chi connectivity index (χ1) is 8.63. The molecule has 1 atom stereocenters. The van der Waals surface area contributed by atoms with Crippen molar-refractivity contribution in [2.24, 2.45) is 7.05 Å². The van der Waals surface area contributed by atoms with Crippen molar-refractivity contribution in [3.63, 3.8) is 0 Å². The Kier molecular flexibility index (Phi) is 3.81. The van der Waals surface area contributed by atoms with Crippen molar-refractivity contribution < 1.29 is 4.42 Å². The quantitative estimate of drug-likeness (QED) is 0.880. The molecule has 2 aromatic rings. The number of hydrogen-bond acceptors (Lipinski definition) is 4. The van der Waals surface area contributed by atoms with Gasteiger partial charge in [-0.25, -0.2) is 0 Å². The molecule has 2 heterocycles. The number of nitrogens with one attached hydrogen (secondary N) is 1. The van der Waals surface area contributed by atoms with E-state index in [1.54, 1.807) is 10.9 Å². The molecule has 0 spiro atoms. The second kappa shape index (κ2) is 5.35. The van der Waals surface area contributed by atoms with E-state index in [9.17, 15) is 0 Å². The van der Waals surface area contributed by atoms with Crippen molar-refractivity contribution >= 4 is 0 Å². The highest BCUT2D eigenvalue weighted by Gasteiger charge is 2.21. The smallest absolute Gasteiger partial charge is 0.106 e. The second-order valence-corrected chi connectivity index (χ2v) is 4.54. The lowest BCUT2D eigenvalue weighted by Crippen LogP contribution is -2.25. The van der Waals surface area contributed by atoms with Gasteiger partial charge in [0.1, 0.15) is 11.5 Å². The van der Waals surface area contributed by atoms with Crippen LogP contribution in [0.15, 0.2) is 16.7 Å². The normalized spacial score (nSPS) is 12.9. The van der Waals surface area contributed by atoms with Crippen LogP contribution in [-0.4, -0.2) is 21.5 Å². The lowest BCUT2D eigenvalue weighted by Gasteiger charge is -2.17. The Bertz CT molecular complexity index is 515. The molecule has 18 heavy (non-hydrogen) atoms. The van der Waals surface area contributed by atoms with E-state index in [1.165, 1.54) is 0 Å². The maximum absolute atomic E-state index is 5.62. The van der Waals surface area contributed by atoms with Gasteiger partial charge in [0.25, 0.3) is 0 Å². The molecule has 0 bridgehead atoms. The summed E-state index contributed by atoms with van der Waals surface area (Å²) in [6.07, 6.45) is 2.88. The summed E-state index contributed by atoms with van der Waals surface area (Å²) < 4.78 is 7.42. The van der Waals surface area contributed by atoms with E-state index >= 15 is 0 Å². The Morgan fingerprint density at radius 2 is 2.22 bits per heavy atom. The molecule has 2 aromatic heterocycles. The maximum atomic E-state index is 5.62. The maximum Gasteiger partial charge on any atom is 0.106 e. The Hall–Kier alpha value is -1.62. The standard InChI is InChI=1S/C13H20N4O/c1-5-6-14-13(12-8-15-16-17(12)4)11-7-9(2)18-10(11)3/h7-8,13-14H,5-6H2,1-4H3. The molecule has 1 N–H and O–H groups in total. The van der Waals surface area contributed by atoms with Crippen LogP contribution in [0.2, 0.25) is 0 Å². The van der Waals surface area contributed by atoms with Crippen LogP contribution in [0.3, 0.4) is 0 Å². The second-order valence-electron chi connectivity index (χ2n) is 4.54. The van der Waals surface area contributed by atoms with Gasteiger partial charge in [-0.1, -0.05) is 12.1 Å². The Morgan fingerprint density at radius 3 is 2.72 bits per heavy atom. The van der Waals surface area contributed by atoms with Crippen LogP contribution < -0.4 is 5.32 Å². The van der Waals surface area contributed by atoms with Crippen LogP contribution in [0.5, 0.6) is 0 Å². The minimum atomic E-state index is 0.0856. The topological polar surface area (TPSA) is 55.9 Å². The average molecular weight is 248 g/mol. The van der Waals surface area contributed by atoms with Crippen molar-refractivity contribution in [3.8, 4) is 0 Å². The Labute approximate surface area is 107 Å².